The molecule has 2 heterocycles. The quantitative estimate of drug-likeness (QED) is 0.626. The van der Waals surface area contributed by atoms with E-state index in [0.29, 0.717) is 25.2 Å². The Morgan fingerprint density at radius 2 is 1.86 bits per heavy atom. The van der Waals surface area contributed by atoms with Crippen LogP contribution in [0.3, 0.4) is 0 Å². The fourth-order valence-electron chi connectivity index (χ4n) is 3.42. The molecule has 1 aromatic carbocycles. The molecule has 0 radical (unpaired) electrons. The Morgan fingerprint density at radius 3 is 2.46 bits per heavy atom. The second-order valence-corrected chi connectivity index (χ2v) is 6.69. The first-order valence-electron chi connectivity index (χ1n) is 9.16. The van der Waals surface area contributed by atoms with Crippen LogP contribution in [0.2, 0.25) is 0 Å². The van der Waals surface area contributed by atoms with Crippen molar-refractivity contribution in [2.75, 3.05) is 7.11 Å². The van der Waals surface area contributed by atoms with Crippen LogP contribution in [0.5, 0.6) is 5.75 Å². The molecule has 2 N–H and O–H groups in total. The van der Waals surface area contributed by atoms with Crippen LogP contribution in [-0.4, -0.2) is 27.7 Å². The van der Waals surface area contributed by atoms with Gasteiger partial charge in [0.1, 0.15) is 5.75 Å². The first kappa shape index (κ1) is 19.6. The van der Waals surface area contributed by atoms with Crippen molar-refractivity contribution in [2.24, 2.45) is 0 Å². The first-order valence-corrected chi connectivity index (χ1v) is 9.16. The third-order valence-electron chi connectivity index (χ3n) is 4.96. The maximum atomic E-state index is 11.9. The van der Waals surface area contributed by atoms with E-state index in [4.69, 9.17) is 4.74 Å². The topological polar surface area (TPSA) is 76.4 Å². The molecule has 0 spiro atoms. The van der Waals surface area contributed by atoms with Gasteiger partial charge in [-0.1, -0.05) is 18.2 Å². The van der Waals surface area contributed by atoms with Gasteiger partial charge in [-0.25, -0.2) is 4.79 Å². The number of carboxylic acids is 1. The van der Waals surface area contributed by atoms with E-state index in [1.54, 1.807) is 13.3 Å². The number of ether oxygens (including phenoxy) is 1. The molecule has 0 aliphatic carbocycles. The van der Waals surface area contributed by atoms with Crippen LogP contribution < -0.4 is 10.1 Å². The molecule has 3 rings (SSSR count). The van der Waals surface area contributed by atoms with Gasteiger partial charge in [0.15, 0.2) is 0 Å². The Bertz CT molecular complexity index is 947. The zero-order valence-electron chi connectivity index (χ0n) is 16.4. The summed E-state index contributed by atoms with van der Waals surface area (Å²) in [5.41, 5.74) is 4.92. The average Bonchev–Trinajstić information content (AvgIpc) is 2.94. The summed E-state index contributed by atoms with van der Waals surface area (Å²) in [6, 6.07) is 13.6. The van der Waals surface area contributed by atoms with E-state index in [9.17, 15) is 9.90 Å². The average molecular weight is 379 g/mol. The number of benzene rings is 1. The predicted molar refractivity (Wildman–Crippen MR) is 108 cm³/mol. The van der Waals surface area contributed by atoms with Crippen molar-refractivity contribution in [1.82, 2.24) is 14.9 Å². The Morgan fingerprint density at radius 1 is 1.11 bits per heavy atom. The summed E-state index contributed by atoms with van der Waals surface area (Å²) < 4.78 is 7.26. The number of carboxylic acid groups (broad SMARTS) is 1. The van der Waals surface area contributed by atoms with Crippen LogP contribution in [0.15, 0.2) is 48.7 Å². The smallest absolute Gasteiger partial charge is 0.337 e. The van der Waals surface area contributed by atoms with Crippen LogP contribution >= 0.6 is 0 Å². The number of aromatic nitrogens is 2. The number of hydrogen-bond donors (Lipinski definition) is 2. The van der Waals surface area contributed by atoms with Crippen molar-refractivity contribution in [3.63, 3.8) is 0 Å². The molecule has 0 aliphatic rings. The molecule has 28 heavy (non-hydrogen) atoms. The van der Waals surface area contributed by atoms with Gasteiger partial charge < -0.3 is 19.7 Å². The zero-order chi connectivity index (χ0) is 20.1. The summed E-state index contributed by atoms with van der Waals surface area (Å²) in [7, 11) is 1.64. The number of nitrogens with one attached hydrogen (secondary N) is 1. The zero-order valence-corrected chi connectivity index (χ0v) is 16.4. The van der Waals surface area contributed by atoms with Gasteiger partial charge in [0, 0.05) is 42.8 Å². The summed E-state index contributed by atoms with van der Waals surface area (Å²) in [6.07, 6.45) is 1.75. The molecule has 0 saturated carbocycles. The van der Waals surface area contributed by atoms with Crippen molar-refractivity contribution in [1.29, 1.82) is 0 Å². The highest BCUT2D eigenvalue weighted by Crippen LogP contribution is 2.24. The lowest BCUT2D eigenvalue weighted by Crippen LogP contribution is -2.16. The van der Waals surface area contributed by atoms with E-state index >= 15 is 0 Å². The third-order valence-corrected chi connectivity index (χ3v) is 4.96. The summed E-state index contributed by atoms with van der Waals surface area (Å²) in [5.74, 6) is -0.0981. The molecule has 0 aliphatic heterocycles. The van der Waals surface area contributed by atoms with Crippen LogP contribution in [0.1, 0.15) is 38.6 Å². The van der Waals surface area contributed by atoms with Gasteiger partial charge in [-0.05, 0) is 43.7 Å². The summed E-state index contributed by atoms with van der Waals surface area (Å²) in [5, 5.41) is 13.1. The molecule has 0 saturated heterocycles. The minimum atomic E-state index is -0.899. The normalized spacial score (nSPS) is 10.8. The van der Waals surface area contributed by atoms with E-state index in [0.717, 1.165) is 34.0 Å². The third kappa shape index (κ3) is 4.23. The molecule has 146 valence electrons. The van der Waals surface area contributed by atoms with Gasteiger partial charge in [0.2, 0.25) is 0 Å². The highest BCUT2D eigenvalue weighted by molar-refractivity contribution is 5.91. The van der Waals surface area contributed by atoms with Crippen LogP contribution in [0.25, 0.3) is 0 Å². The van der Waals surface area contributed by atoms with Crippen molar-refractivity contribution in [3.8, 4) is 5.75 Å². The van der Waals surface area contributed by atoms with E-state index in [1.165, 1.54) is 0 Å². The molecule has 6 nitrogen and oxygen atoms in total. The standard InChI is InChI=1S/C22H25N3O3/c1-15-20(13-23-12-18-6-4-5-11-24-18)21(22(26)27)16(2)25(15)14-17-7-9-19(28-3)10-8-17/h4-11,23H,12-14H2,1-3H3,(H,26,27). The Hall–Kier alpha value is -3.12. The van der Waals surface area contributed by atoms with E-state index in [1.807, 2.05) is 56.3 Å². The van der Waals surface area contributed by atoms with Crippen LogP contribution in [-0.2, 0) is 19.6 Å². The Balaban J connectivity index is 1.83. The fourth-order valence-corrected chi connectivity index (χ4v) is 3.42. The largest absolute Gasteiger partial charge is 0.497 e. The maximum Gasteiger partial charge on any atom is 0.337 e. The number of carbonyl (C=O) groups is 1. The fraction of sp³-hybridized carbons (Fsp3) is 0.273. The molecule has 3 aromatic rings. The molecule has 6 heteroatoms. The van der Waals surface area contributed by atoms with Crippen molar-refractivity contribution in [3.05, 3.63) is 82.4 Å². The number of hydrogen-bond acceptors (Lipinski definition) is 4. The predicted octanol–water partition coefficient (Wildman–Crippen LogP) is 3.54. The van der Waals surface area contributed by atoms with E-state index < -0.39 is 5.97 Å². The highest BCUT2D eigenvalue weighted by Gasteiger charge is 2.22. The lowest BCUT2D eigenvalue weighted by Gasteiger charge is -2.11. The molecule has 0 fully saturated rings. The molecule has 0 atom stereocenters. The Kier molecular flexibility index (Phi) is 6.11. The minimum Gasteiger partial charge on any atom is -0.497 e. The van der Waals surface area contributed by atoms with Crippen molar-refractivity contribution >= 4 is 5.97 Å². The number of methoxy groups -OCH3 is 1. The summed E-state index contributed by atoms with van der Waals surface area (Å²) in [4.78, 5) is 16.2. The molecule has 0 unspecified atom stereocenters. The van der Waals surface area contributed by atoms with Crippen molar-refractivity contribution < 1.29 is 14.6 Å². The number of rotatable bonds is 8. The molecular formula is C22H25N3O3. The number of nitrogens with zero attached hydrogens (tertiary/aromatic N) is 2. The molecule has 0 bridgehead atoms. The van der Waals surface area contributed by atoms with Crippen molar-refractivity contribution in [2.45, 2.75) is 33.5 Å². The Labute approximate surface area is 164 Å². The SMILES string of the molecule is COc1ccc(Cn2c(C)c(CNCc3ccccn3)c(C(=O)O)c2C)cc1. The molecular weight excluding hydrogens is 354 g/mol. The second-order valence-electron chi connectivity index (χ2n) is 6.69. The van der Waals surface area contributed by atoms with Gasteiger partial charge >= 0.3 is 5.97 Å². The van der Waals surface area contributed by atoms with Gasteiger partial charge in [-0.2, -0.15) is 0 Å². The molecule has 2 aromatic heterocycles. The minimum absolute atomic E-state index is 0.375. The first-order chi connectivity index (χ1) is 13.5. The highest BCUT2D eigenvalue weighted by atomic mass is 16.5. The lowest BCUT2D eigenvalue weighted by molar-refractivity contribution is 0.0694. The number of pyridine rings is 1. The number of aromatic carboxylic acids is 1. The summed E-state index contributed by atoms with van der Waals surface area (Å²) >= 11 is 0. The monoisotopic (exact) mass is 379 g/mol. The van der Waals surface area contributed by atoms with Crippen LogP contribution in [0.4, 0.5) is 0 Å². The van der Waals surface area contributed by atoms with Gasteiger partial charge in [-0.3, -0.25) is 4.98 Å². The van der Waals surface area contributed by atoms with E-state index in [2.05, 4.69) is 14.9 Å². The maximum absolute atomic E-state index is 11.9. The molecule has 0 amide bonds. The van der Waals surface area contributed by atoms with Gasteiger partial charge in [0.25, 0.3) is 0 Å². The lowest BCUT2D eigenvalue weighted by atomic mass is 10.1. The van der Waals surface area contributed by atoms with Crippen LogP contribution in [0, 0.1) is 13.8 Å². The summed E-state index contributed by atoms with van der Waals surface area (Å²) in [6.45, 7) is 5.51. The van der Waals surface area contributed by atoms with Gasteiger partial charge in [-0.15, -0.1) is 0 Å². The second kappa shape index (κ2) is 8.71. The van der Waals surface area contributed by atoms with Gasteiger partial charge in [0.05, 0.1) is 18.4 Å². The van der Waals surface area contributed by atoms with E-state index in [-0.39, 0.29) is 0 Å².